The van der Waals surface area contributed by atoms with Gasteiger partial charge in [0.2, 0.25) is 21.7 Å². The van der Waals surface area contributed by atoms with Gasteiger partial charge in [0, 0.05) is 18.7 Å². The van der Waals surface area contributed by atoms with E-state index in [2.05, 4.69) is 24.0 Å². The van der Waals surface area contributed by atoms with Crippen LogP contribution in [0.2, 0.25) is 0 Å². The molecule has 1 aliphatic rings. The molecule has 1 fully saturated rings. The highest BCUT2D eigenvalue weighted by Gasteiger charge is 2.33. The molecule has 2 aromatic carbocycles. The van der Waals surface area contributed by atoms with Crippen LogP contribution in [0.5, 0.6) is 0 Å². The van der Waals surface area contributed by atoms with Gasteiger partial charge in [-0.25, -0.2) is 8.42 Å². The third-order valence-electron chi connectivity index (χ3n) is 5.39. The van der Waals surface area contributed by atoms with Crippen LogP contribution in [0.3, 0.4) is 0 Å². The summed E-state index contributed by atoms with van der Waals surface area (Å²) in [7, 11) is -3.55. The molecule has 0 radical (unpaired) electrons. The predicted molar refractivity (Wildman–Crippen MR) is 111 cm³/mol. The van der Waals surface area contributed by atoms with E-state index in [1.807, 2.05) is 42.5 Å². The van der Waals surface area contributed by atoms with Gasteiger partial charge >= 0.3 is 0 Å². The zero-order valence-electron chi connectivity index (χ0n) is 16.7. The number of aromatic nitrogens is 2. The fourth-order valence-corrected chi connectivity index (χ4v) is 5.17. The minimum Gasteiger partial charge on any atom is -0.339 e. The van der Waals surface area contributed by atoms with E-state index in [4.69, 9.17) is 4.52 Å². The fraction of sp³-hybridized carbons (Fsp3) is 0.364. The van der Waals surface area contributed by atoms with Crippen molar-refractivity contribution in [2.24, 2.45) is 0 Å². The first-order valence-electron chi connectivity index (χ1n) is 9.94. The summed E-state index contributed by atoms with van der Waals surface area (Å²) < 4.78 is 33.3. The van der Waals surface area contributed by atoms with Crippen LogP contribution in [0, 0.1) is 0 Å². The van der Waals surface area contributed by atoms with Gasteiger partial charge in [0.15, 0.2) is 0 Å². The van der Waals surface area contributed by atoms with Gasteiger partial charge in [0.1, 0.15) is 0 Å². The topological polar surface area (TPSA) is 76.3 Å². The van der Waals surface area contributed by atoms with E-state index in [0.717, 1.165) is 24.0 Å². The summed E-state index contributed by atoms with van der Waals surface area (Å²) in [5, 5.41) is 4.08. The van der Waals surface area contributed by atoms with E-state index in [9.17, 15) is 8.42 Å². The summed E-state index contributed by atoms with van der Waals surface area (Å²) in [6, 6.07) is 16.8. The largest absolute Gasteiger partial charge is 0.339 e. The minimum absolute atomic E-state index is 0.0987. The summed E-state index contributed by atoms with van der Waals surface area (Å²) >= 11 is 0. The number of hydrogen-bond acceptors (Lipinski definition) is 5. The number of sulfonamides is 1. The molecular formula is C22H25N3O3S. The molecular weight excluding hydrogens is 386 g/mol. The molecule has 1 aromatic heterocycles. The van der Waals surface area contributed by atoms with Crippen molar-refractivity contribution < 1.29 is 12.9 Å². The lowest BCUT2D eigenvalue weighted by Crippen LogP contribution is -2.39. The van der Waals surface area contributed by atoms with Gasteiger partial charge in [-0.2, -0.15) is 9.29 Å². The highest BCUT2D eigenvalue weighted by Crippen LogP contribution is 2.31. The van der Waals surface area contributed by atoms with Crippen LogP contribution >= 0.6 is 0 Å². The van der Waals surface area contributed by atoms with Crippen molar-refractivity contribution in [1.29, 1.82) is 0 Å². The molecule has 1 unspecified atom stereocenters. The van der Waals surface area contributed by atoms with E-state index in [1.54, 1.807) is 12.1 Å². The van der Waals surface area contributed by atoms with Gasteiger partial charge in [0.05, 0.1) is 10.8 Å². The highest BCUT2D eigenvalue weighted by atomic mass is 32.2. The second kappa shape index (κ2) is 8.08. The number of benzene rings is 2. The van der Waals surface area contributed by atoms with Crippen molar-refractivity contribution in [3.63, 3.8) is 0 Å². The maximum atomic E-state index is 13.1. The average molecular weight is 412 g/mol. The monoisotopic (exact) mass is 411 g/mol. The molecule has 0 N–H and O–H groups in total. The molecule has 2 heterocycles. The molecule has 0 amide bonds. The summed E-state index contributed by atoms with van der Waals surface area (Å²) in [5.41, 5.74) is 2.01. The lowest BCUT2D eigenvalue weighted by Gasteiger charge is -2.30. The molecule has 3 aromatic rings. The highest BCUT2D eigenvalue weighted by molar-refractivity contribution is 7.89. The van der Waals surface area contributed by atoms with E-state index in [1.165, 1.54) is 4.31 Å². The van der Waals surface area contributed by atoms with Crippen LogP contribution in [0.1, 0.15) is 50.0 Å². The second-order valence-corrected chi connectivity index (χ2v) is 9.69. The Hall–Kier alpha value is -2.51. The first kappa shape index (κ1) is 19.8. The van der Waals surface area contributed by atoms with Crippen LogP contribution in [0.4, 0.5) is 0 Å². The lowest BCUT2D eigenvalue weighted by atomic mass is 10.00. The third-order valence-corrected chi connectivity index (χ3v) is 7.27. The molecule has 4 rings (SSSR count). The van der Waals surface area contributed by atoms with Crippen LogP contribution in [0.25, 0.3) is 11.4 Å². The Morgan fingerprint density at radius 1 is 1.07 bits per heavy atom. The van der Waals surface area contributed by atoms with Crippen molar-refractivity contribution >= 4 is 10.0 Å². The average Bonchev–Trinajstić information content (AvgIpc) is 3.25. The Morgan fingerprint density at radius 2 is 1.79 bits per heavy atom. The van der Waals surface area contributed by atoms with Crippen molar-refractivity contribution in [3.05, 3.63) is 66.1 Å². The summed E-state index contributed by atoms with van der Waals surface area (Å²) in [4.78, 5) is 4.86. The van der Waals surface area contributed by atoms with Gasteiger partial charge in [0.25, 0.3) is 0 Å². The maximum Gasteiger partial charge on any atom is 0.243 e. The van der Waals surface area contributed by atoms with E-state index >= 15 is 0 Å². The summed E-state index contributed by atoms with van der Waals surface area (Å²) in [6.45, 7) is 5.04. The normalized spacial score (nSPS) is 18.2. The second-order valence-electron chi connectivity index (χ2n) is 7.75. The van der Waals surface area contributed by atoms with Crippen molar-refractivity contribution in [2.45, 2.75) is 43.4 Å². The van der Waals surface area contributed by atoms with E-state index < -0.39 is 10.0 Å². The molecule has 0 bridgehead atoms. The Morgan fingerprint density at radius 3 is 2.48 bits per heavy atom. The Bertz CT molecular complexity index is 1060. The first-order valence-corrected chi connectivity index (χ1v) is 11.4. The Kier molecular flexibility index (Phi) is 5.52. The molecule has 0 saturated carbocycles. The molecule has 1 saturated heterocycles. The predicted octanol–water partition coefficient (Wildman–Crippen LogP) is 4.43. The number of rotatable bonds is 5. The van der Waals surface area contributed by atoms with Crippen molar-refractivity contribution in [2.75, 3.05) is 13.1 Å². The first-order chi connectivity index (χ1) is 13.9. The third kappa shape index (κ3) is 4.11. The van der Waals surface area contributed by atoms with E-state index in [-0.39, 0.29) is 5.92 Å². The number of piperidine rings is 1. The molecule has 1 aliphatic heterocycles. The molecule has 7 heteroatoms. The molecule has 0 aliphatic carbocycles. The summed E-state index contributed by atoms with van der Waals surface area (Å²) in [5.74, 6) is 1.30. The van der Waals surface area contributed by atoms with Gasteiger partial charge in [-0.15, -0.1) is 0 Å². The molecule has 152 valence electrons. The van der Waals surface area contributed by atoms with Gasteiger partial charge in [-0.05, 0) is 36.5 Å². The lowest BCUT2D eigenvalue weighted by molar-refractivity contribution is 0.265. The van der Waals surface area contributed by atoms with Gasteiger partial charge in [-0.3, -0.25) is 0 Å². The fourth-order valence-electron chi connectivity index (χ4n) is 3.64. The minimum atomic E-state index is -3.55. The molecule has 6 nitrogen and oxygen atoms in total. The van der Waals surface area contributed by atoms with Crippen molar-refractivity contribution in [3.8, 4) is 11.4 Å². The zero-order valence-corrected chi connectivity index (χ0v) is 17.5. The Labute approximate surface area is 171 Å². The van der Waals surface area contributed by atoms with E-state index in [0.29, 0.717) is 35.6 Å². The number of nitrogens with zero attached hydrogens (tertiary/aromatic N) is 3. The quantitative estimate of drug-likeness (QED) is 0.621. The standard InChI is InChI=1S/C22H25N3O3S/c1-16(2)17-10-12-20(13-11-17)29(26,27)25-14-6-9-19(15-25)22-23-21(24-28-22)18-7-4-3-5-8-18/h3-5,7-8,10-13,16,19H,6,9,14-15H2,1-2H3. The zero-order chi connectivity index (χ0) is 20.4. The van der Waals surface area contributed by atoms with Crippen LogP contribution < -0.4 is 0 Å². The SMILES string of the molecule is CC(C)c1ccc(S(=O)(=O)N2CCCC(c3nc(-c4ccccc4)no3)C2)cc1. The number of hydrogen-bond donors (Lipinski definition) is 0. The summed E-state index contributed by atoms with van der Waals surface area (Å²) in [6.07, 6.45) is 1.59. The van der Waals surface area contributed by atoms with Crippen LogP contribution in [-0.2, 0) is 10.0 Å². The molecule has 29 heavy (non-hydrogen) atoms. The smallest absolute Gasteiger partial charge is 0.243 e. The van der Waals surface area contributed by atoms with Crippen molar-refractivity contribution in [1.82, 2.24) is 14.4 Å². The molecule has 1 atom stereocenters. The Balaban J connectivity index is 1.53. The van der Waals surface area contributed by atoms with Gasteiger partial charge in [-0.1, -0.05) is 61.5 Å². The van der Waals surface area contributed by atoms with Gasteiger partial charge < -0.3 is 4.52 Å². The molecule has 0 spiro atoms. The maximum absolute atomic E-state index is 13.1. The van der Waals surface area contributed by atoms with Crippen LogP contribution in [-0.4, -0.2) is 36.0 Å². The van der Waals surface area contributed by atoms with Crippen LogP contribution in [0.15, 0.2) is 64.0 Å².